The van der Waals surface area contributed by atoms with E-state index in [0.29, 0.717) is 0 Å². The highest BCUT2D eigenvalue weighted by atomic mass is 16.6. The lowest BCUT2D eigenvalue weighted by molar-refractivity contribution is -0.0588. The van der Waals surface area contributed by atoms with Crippen LogP contribution in [-0.4, -0.2) is 22.4 Å². The van der Waals surface area contributed by atoms with Gasteiger partial charge in [-0.15, -0.1) is 0 Å². The largest absolute Gasteiger partial charge is 0.389 e. The maximum absolute atomic E-state index is 10.0. The predicted octanol–water partition coefficient (Wildman–Crippen LogP) is 1.71. The predicted molar refractivity (Wildman–Crippen MR) is 46.9 cm³/mol. The molecule has 3 unspecified atom stereocenters. The summed E-state index contributed by atoms with van der Waals surface area (Å²) in [6.45, 7) is 8.34. The molecule has 2 heterocycles. The molecule has 2 saturated heterocycles. The maximum atomic E-state index is 10.0. The van der Waals surface area contributed by atoms with Crippen LogP contribution in [0.3, 0.4) is 0 Å². The third-order valence-corrected chi connectivity index (χ3v) is 4.18. The van der Waals surface area contributed by atoms with Crippen molar-refractivity contribution < 1.29 is 9.84 Å². The van der Waals surface area contributed by atoms with Crippen LogP contribution in [0.2, 0.25) is 0 Å². The first-order valence-electron chi connectivity index (χ1n) is 4.70. The van der Waals surface area contributed by atoms with Gasteiger partial charge in [0.1, 0.15) is 0 Å². The number of rotatable bonds is 0. The number of aliphatic hydroxyl groups is 1. The molecule has 0 aromatic carbocycles. The van der Waals surface area contributed by atoms with Crippen LogP contribution in [0.5, 0.6) is 0 Å². The van der Waals surface area contributed by atoms with Crippen LogP contribution < -0.4 is 0 Å². The number of ether oxygens (including phenoxy) is 1. The Morgan fingerprint density at radius 1 is 1.17 bits per heavy atom. The molecular weight excluding hydrogens is 152 g/mol. The van der Waals surface area contributed by atoms with Crippen LogP contribution in [0.4, 0.5) is 0 Å². The zero-order valence-electron chi connectivity index (χ0n) is 8.35. The second-order valence-electron chi connectivity index (χ2n) is 5.27. The molecule has 0 aliphatic carbocycles. The van der Waals surface area contributed by atoms with Gasteiger partial charge in [-0.25, -0.2) is 0 Å². The number of hydrogen-bond acceptors (Lipinski definition) is 2. The van der Waals surface area contributed by atoms with Crippen LogP contribution in [0.1, 0.15) is 40.5 Å². The highest BCUT2D eigenvalue weighted by Crippen LogP contribution is 2.60. The molecule has 2 bridgehead atoms. The van der Waals surface area contributed by atoms with Crippen molar-refractivity contribution in [3.8, 4) is 0 Å². The Morgan fingerprint density at radius 3 is 2.00 bits per heavy atom. The molecule has 3 atom stereocenters. The summed E-state index contributed by atoms with van der Waals surface area (Å²) in [7, 11) is 0. The van der Waals surface area contributed by atoms with Gasteiger partial charge in [0.2, 0.25) is 0 Å². The molecule has 0 aromatic rings. The van der Waals surface area contributed by atoms with Gasteiger partial charge in [-0.05, 0) is 26.7 Å². The van der Waals surface area contributed by atoms with Crippen molar-refractivity contribution in [3.63, 3.8) is 0 Å². The summed E-state index contributed by atoms with van der Waals surface area (Å²) in [5.41, 5.74) is -0.487. The van der Waals surface area contributed by atoms with Gasteiger partial charge >= 0.3 is 0 Å². The summed E-state index contributed by atoms with van der Waals surface area (Å²) in [5.74, 6) is 0. The van der Waals surface area contributed by atoms with E-state index in [4.69, 9.17) is 4.74 Å². The van der Waals surface area contributed by atoms with E-state index in [1.54, 1.807) is 0 Å². The molecule has 2 heteroatoms. The van der Waals surface area contributed by atoms with Crippen LogP contribution in [-0.2, 0) is 4.74 Å². The summed E-state index contributed by atoms with van der Waals surface area (Å²) in [6.07, 6.45) is 1.76. The molecular formula is C10H18O2. The number of aliphatic hydroxyl groups excluding tert-OH is 1. The molecule has 12 heavy (non-hydrogen) atoms. The van der Waals surface area contributed by atoms with Crippen molar-refractivity contribution in [1.29, 1.82) is 0 Å². The molecule has 1 N–H and O–H groups in total. The van der Waals surface area contributed by atoms with Crippen LogP contribution in [0.15, 0.2) is 0 Å². The third-order valence-electron chi connectivity index (χ3n) is 4.18. The SMILES string of the molecule is CC12CCC(C)(O1)C(C)(C)C2O. The van der Waals surface area contributed by atoms with E-state index >= 15 is 0 Å². The topological polar surface area (TPSA) is 29.5 Å². The van der Waals surface area contributed by atoms with E-state index in [2.05, 4.69) is 20.8 Å². The summed E-state index contributed by atoms with van der Waals surface area (Å²) >= 11 is 0. The zero-order valence-corrected chi connectivity index (χ0v) is 8.35. The normalized spacial score (nSPS) is 56.2. The minimum Gasteiger partial charge on any atom is -0.389 e. The summed E-state index contributed by atoms with van der Waals surface area (Å²) in [6, 6.07) is 0. The molecule has 2 aliphatic rings. The molecule has 2 fully saturated rings. The van der Waals surface area contributed by atoms with Crippen molar-refractivity contribution >= 4 is 0 Å². The number of hydrogen-bond donors (Lipinski definition) is 1. The Kier molecular flexibility index (Phi) is 1.33. The van der Waals surface area contributed by atoms with Crippen LogP contribution >= 0.6 is 0 Å². The van der Waals surface area contributed by atoms with Gasteiger partial charge in [0.05, 0.1) is 17.3 Å². The Labute approximate surface area is 73.9 Å². The first-order chi connectivity index (χ1) is 5.32. The van der Waals surface area contributed by atoms with Crippen molar-refractivity contribution in [1.82, 2.24) is 0 Å². The van der Waals surface area contributed by atoms with Crippen LogP contribution in [0.25, 0.3) is 0 Å². The molecule has 2 aliphatic heterocycles. The first-order valence-corrected chi connectivity index (χ1v) is 4.70. The van der Waals surface area contributed by atoms with E-state index in [-0.39, 0.29) is 22.7 Å². The fourth-order valence-electron chi connectivity index (χ4n) is 2.80. The average molecular weight is 170 g/mol. The van der Waals surface area contributed by atoms with Gasteiger partial charge in [0.15, 0.2) is 0 Å². The van der Waals surface area contributed by atoms with Crippen molar-refractivity contribution in [2.24, 2.45) is 5.41 Å². The molecule has 0 saturated carbocycles. The van der Waals surface area contributed by atoms with Crippen LogP contribution in [0, 0.1) is 5.41 Å². The van der Waals surface area contributed by atoms with Gasteiger partial charge in [0.25, 0.3) is 0 Å². The summed E-state index contributed by atoms with van der Waals surface area (Å²) in [5, 5.41) is 10.0. The smallest absolute Gasteiger partial charge is 0.0927 e. The Balaban J connectivity index is 2.44. The Morgan fingerprint density at radius 2 is 1.75 bits per heavy atom. The summed E-state index contributed by atoms with van der Waals surface area (Å²) < 4.78 is 5.92. The van der Waals surface area contributed by atoms with Gasteiger partial charge in [-0.2, -0.15) is 0 Å². The lowest BCUT2D eigenvalue weighted by atomic mass is 9.64. The van der Waals surface area contributed by atoms with E-state index < -0.39 is 0 Å². The molecule has 2 nitrogen and oxygen atoms in total. The van der Waals surface area contributed by atoms with E-state index in [9.17, 15) is 5.11 Å². The second-order valence-corrected chi connectivity index (χ2v) is 5.27. The lowest BCUT2D eigenvalue weighted by Gasteiger charge is -2.40. The quantitative estimate of drug-likeness (QED) is 0.599. The van der Waals surface area contributed by atoms with E-state index in [1.165, 1.54) is 0 Å². The van der Waals surface area contributed by atoms with Gasteiger partial charge < -0.3 is 9.84 Å². The standard InChI is InChI=1S/C10H18O2/c1-8(2)7(11)9(3)5-6-10(8,4)12-9/h7,11H,5-6H2,1-4H3. The minimum absolute atomic E-state index is 0.0972. The van der Waals surface area contributed by atoms with Crippen molar-refractivity contribution in [2.45, 2.75) is 57.8 Å². The third kappa shape index (κ3) is 0.686. The van der Waals surface area contributed by atoms with E-state index in [0.717, 1.165) is 12.8 Å². The van der Waals surface area contributed by atoms with Gasteiger partial charge in [-0.1, -0.05) is 13.8 Å². The molecule has 0 spiro atoms. The Bertz CT molecular complexity index is 221. The second kappa shape index (κ2) is 1.88. The highest BCUT2D eigenvalue weighted by molar-refractivity contribution is 5.15. The zero-order chi connectivity index (χ0) is 9.20. The monoisotopic (exact) mass is 170 g/mol. The number of fused-ring (bicyclic) bond motifs is 2. The fourth-order valence-corrected chi connectivity index (χ4v) is 2.80. The average Bonchev–Trinajstić information content (AvgIpc) is 2.32. The van der Waals surface area contributed by atoms with Crippen molar-refractivity contribution in [3.05, 3.63) is 0 Å². The lowest BCUT2D eigenvalue weighted by Crippen LogP contribution is -2.49. The fraction of sp³-hybridized carbons (Fsp3) is 1.00. The van der Waals surface area contributed by atoms with E-state index in [1.807, 2.05) is 6.92 Å². The maximum Gasteiger partial charge on any atom is 0.0927 e. The Hall–Kier alpha value is -0.0800. The molecule has 0 amide bonds. The molecule has 70 valence electrons. The molecule has 2 rings (SSSR count). The summed E-state index contributed by atoms with van der Waals surface area (Å²) in [4.78, 5) is 0. The minimum atomic E-state index is -0.316. The van der Waals surface area contributed by atoms with Crippen molar-refractivity contribution in [2.75, 3.05) is 0 Å². The molecule has 0 radical (unpaired) electrons. The highest BCUT2D eigenvalue weighted by Gasteiger charge is 2.66. The van der Waals surface area contributed by atoms with Gasteiger partial charge in [-0.3, -0.25) is 0 Å². The molecule has 0 aromatic heterocycles. The first kappa shape index (κ1) is 8.52. The van der Waals surface area contributed by atoms with Gasteiger partial charge in [0, 0.05) is 5.41 Å².